The number of thiazole rings is 1. The maximum absolute atomic E-state index is 12.5. The van der Waals surface area contributed by atoms with E-state index in [-0.39, 0.29) is 17.8 Å². The molecule has 0 unspecified atom stereocenters. The van der Waals surface area contributed by atoms with E-state index >= 15 is 0 Å². The average Bonchev–Trinajstić information content (AvgIpc) is 2.96. The summed E-state index contributed by atoms with van der Waals surface area (Å²) in [4.78, 5) is 16.0. The van der Waals surface area contributed by atoms with Crippen molar-refractivity contribution in [2.75, 3.05) is 7.05 Å². The van der Waals surface area contributed by atoms with Gasteiger partial charge in [0.2, 0.25) is 5.03 Å². The average molecular weight is 330 g/mol. The van der Waals surface area contributed by atoms with Gasteiger partial charge < -0.3 is 5.11 Å². The Bertz CT molecular complexity index is 778. The number of aromatic nitrogens is 3. The number of aromatic carboxylic acids is 1. The smallest absolute Gasteiger partial charge is 0.340 e. The lowest BCUT2D eigenvalue weighted by Gasteiger charge is -2.15. The molecule has 0 fully saturated rings. The Morgan fingerprint density at radius 2 is 2.14 bits per heavy atom. The molecule has 0 spiro atoms. The van der Waals surface area contributed by atoms with E-state index in [1.807, 2.05) is 0 Å². The number of hydrogen-bond acceptors (Lipinski definition) is 6. The number of carbonyl (C=O) groups is 1. The molecule has 10 heteroatoms. The second-order valence-electron chi connectivity index (χ2n) is 4.46. The third-order valence-electron chi connectivity index (χ3n) is 2.99. The van der Waals surface area contributed by atoms with Crippen molar-refractivity contribution >= 4 is 27.3 Å². The van der Waals surface area contributed by atoms with Crippen LogP contribution in [0.15, 0.2) is 10.5 Å². The number of H-pyrrole nitrogens is 1. The molecule has 0 saturated heterocycles. The number of carboxylic acids is 1. The number of nitrogens with one attached hydrogen (secondary N) is 1. The Hall–Kier alpha value is -1.78. The van der Waals surface area contributed by atoms with Gasteiger partial charge in [0.1, 0.15) is 5.56 Å². The summed E-state index contributed by atoms with van der Waals surface area (Å²) in [6, 6.07) is 0. The Morgan fingerprint density at radius 1 is 1.48 bits per heavy atom. The molecule has 0 aliphatic heterocycles. The van der Waals surface area contributed by atoms with E-state index in [4.69, 9.17) is 5.11 Å². The summed E-state index contributed by atoms with van der Waals surface area (Å²) < 4.78 is 26.0. The van der Waals surface area contributed by atoms with Gasteiger partial charge in [-0.05, 0) is 13.8 Å². The topological polar surface area (TPSA) is 116 Å². The van der Waals surface area contributed by atoms with Crippen molar-refractivity contribution in [2.45, 2.75) is 25.4 Å². The van der Waals surface area contributed by atoms with E-state index < -0.39 is 21.0 Å². The first-order valence-electron chi connectivity index (χ1n) is 5.88. The van der Waals surface area contributed by atoms with Crippen molar-refractivity contribution in [3.63, 3.8) is 0 Å². The zero-order valence-electron chi connectivity index (χ0n) is 11.6. The summed E-state index contributed by atoms with van der Waals surface area (Å²) in [5.74, 6) is -1.33. The fourth-order valence-electron chi connectivity index (χ4n) is 1.76. The maximum Gasteiger partial charge on any atom is 0.340 e. The fraction of sp³-hybridized carbons (Fsp3) is 0.364. The largest absolute Gasteiger partial charge is 0.478 e. The maximum atomic E-state index is 12.5. The molecule has 114 valence electrons. The van der Waals surface area contributed by atoms with E-state index in [9.17, 15) is 13.2 Å². The van der Waals surface area contributed by atoms with Crippen LogP contribution in [0.4, 0.5) is 0 Å². The lowest BCUT2D eigenvalue weighted by atomic mass is 10.3. The standard InChI is InChI=1S/C11H14N4O4S2/c1-6-8(20-5-12-6)4-15(3)21(18,19)10-9(11(16)17)7(2)13-14-10/h5H,4H2,1-3H3,(H,13,14)(H,16,17). The fourth-order valence-corrected chi connectivity index (χ4v) is 3.92. The molecule has 21 heavy (non-hydrogen) atoms. The van der Waals surface area contributed by atoms with Crippen molar-refractivity contribution in [3.8, 4) is 0 Å². The number of aromatic amines is 1. The molecule has 2 aromatic rings. The number of sulfonamides is 1. The number of hydrogen-bond donors (Lipinski definition) is 2. The first-order valence-corrected chi connectivity index (χ1v) is 8.20. The molecule has 2 aromatic heterocycles. The molecule has 2 heterocycles. The van der Waals surface area contributed by atoms with Crippen molar-refractivity contribution in [1.82, 2.24) is 19.5 Å². The molecule has 0 bridgehead atoms. The van der Waals surface area contributed by atoms with Crippen molar-refractivity contribution in [2.24, 2.45) is 0 Å². The Labute approximate surface area is 125 Å². The van der Waals surface area contributed by atoms with E-state index in [2.05, 4.69) is 15.2 Å². The summed E-state index contributed by atoms with van der Waals surface area (Å²) in [5, 5.41) is 14.7. The summed E-state index contributed by atoms with van der Waals surface area (Å²) >= 11 is 1.34. The Kier molecular flexibility index (Phi) is 4.12. The summed E-state index contributed by atoms with van der Waals surface area (Å²) in [6.07, 6.45) is 0. The lowest BCUT2D eigenvalue weighted by Crippen LogP contribution is -2.28. The van der Waals surface area contributed by atoms with Crippen molar-refractivity contribution in [3.05, 3.63) is 27.3 Å². The van der Waals surface area contributed by atoms with E-state index in [0.717, 1.165) is 14.9 Å². The molecule has 0 atom stereocenters. The Morgan fingerprint density at radius 3 is 2.67 bits per heavy atom. The zero-order valence-corrected chi connectivity index (χ0v) is 13.2. The van der Waals surface area contributed by atoms with Crippen LogP contribution in [0.1, 0.15) is 26.6 Å². The summed E-state index contributed by atoms with van der Waals surface area (Å²) in [7, 11) is -2.62. The van der Waals surface area contributed by atoms with Gasteiger partial charge in [-0.1, -0.05) is 0 Å². The highest BCUT2D eigenvalue weighted by atomic mass is 32.2. The van der Waals surface area contributed by atoms with E-state index in [0.29, 0.717) is 0 Å². The zero-order chi connectivity index (χ0) is 15.8. The van der Waals surface area contributed by atoms with Gasteiger partial charge in [-0.2, -0.15) is 9.40 Å². The van der Waals surface area contributed by atoms with Gasteiger partial charge in [-0.3, -0.25) is 5.10 Å². The molecule has 2 rings (SSSR count). The predicted octanol–water partition coefficient (Wildman–Crippen LogP) is 1.00. The minimum absolute atomic E-state index is 0.115. The van der Waals surface area contributed by atoms with Crippen LogP contribution in [0.5, 0.6) is 0 Å². The second-order valence-corrected chi connectivity index (χ2v) is 7.36. The molecule has 0 amide bonds. The molecule has 8 nitrogen and oxygen atoms in total. The molecule has 0 saturated carbocycles. The highest BCUT2D eigenvalue weighted by Crippen LogP contribution is 2.22. The normalized spacial score (nSPS) is 12.0. The highest BCUT2D eigenvalue weighted by molar-refractivity contribution is 7.89. The minimum atomic E-state index is -4.00. The van der Waals surface area contributed by atoms with Crippen LogP contribution >= 0.6 is 11.3 Å². The van der Waals surface area contributed by atoms with Gasteiger partial charge in [0.05, 0.1) is 11.2 Å². The van der Waals surface area contributed by atoms with Crippen LogP contribution in [0, 0.1) is 13.8 Å². The van der Waals surface area contributed by atoms with Crippen molar-refractivity contribution < 1.29 is 18.3 Å². The SMILES string of the molecule is Cc1ncsc1CN(C)S(=O)(=O)c1n[nH]c(C)c1C(=O)O. The van der Waals surface area contributed by atoms with Gasteiger partial charge in [0.25, 0.3) is 10.0 Å². The number of rotatable bonds is 5. The number of aryl methyl sites for hydroxylation is 2. The monoisotopic (exact) mass is 330 g/mol. The second kappa shape index (κ2) is 5.54. The van der Waals surface area contributed by atoms with Gasteiger partial charge in [-0.25, -0.2) is 18.2 Å². The van der Waals surface area contributed by atoms with Crippen LogP contribution in [0.25, 0.3) is 0 Å². The first-order chi connectivity index (χ1) is 9.75. The first kappa shape index (κ1) is 15.6. The minimum Gasteiger partial charge on any atom is -0.478 e. The number of nitrogens with zero attached hydrogens (tertiary/aromatic N) is 3. The molecule has 0 aliphatic carbocycles. The van der Waals surface area contributed by atoms with Gasteiger partial charge in [-0.15, -0.1) is 11.3 Å². The van der Waals surface area contributed by atoms with E-state index in [1.54, 1.807) is 12.4 Å². The molecule has 2 N–H and O–H groups in total. The molecule has 0 aromatic carbocycles. The third kappa shape index (κ3) is 2.82. The van der Waals surface area contributed by atoms with Gasteiger partial charge >= 0.3 is 5.97 Å². The molecule has 0 aliphatic rings. The van der Waals surface area contributed by atoms with Crippen LogP contribution in [-0.2, 0) is 16.6 Å². The van der Waals surface area contributed by atoms with Crippen LogP contribution < -0.4 is 0 Å². The molecular formula is C11H14N4O4S2. The van der Waals surface area contributed by atoms with Crippen LogP contribution in [0.3, 0.4) is 0 Å². The highest BCUT2D eigenvalue weighted by Gasteiger charge is 2.31. The van der Waals surface area contributed by atoms with Crippen LogP contribution in [-0.4, -0.2) is 46.0 Å². The van der Waals surface area contributed by atoms with Crippen molar-refractivity contribution in [1.29, 1.82) is 0 Å². The third-order valence-corrected chi connectivity index (χ3v) is 5.65. The lowest BCUT2D eigenvalue weighted by molar-refractivity contribution is 0.0691. The molecular weight excluding hydrogens is 316 g/mol. The molecule has 0 radical (unpaired) electrons. The van der Waals surface area contributed by atoms with Crippen LogP contribution in [0.2, 0.25) is 0 Å². The summed E-state index contributed by atoms with van der Waals surface area (Å²) in [6.45, 7) is 3.36. The predicted molar refractivity (Wildman–Crippen MR) is 75.8 cm³/mol. The van der Waals surface area contributed by atoms with E-state index in [1.165, 1.54) is 25.3 Å². The quantitative estimate of drug-likeness (QED) is 0.845. The van der Waals surface area contributed by atoms with Gasteiger partial charge in [0.15, 0.2) is 0 Å². The Balaban J connectivity index is 2.38. The van der Waals surface area contributed by atoms with Gasteiger partial charge in [0, 0.05) is 24.2 Å². The number of carboxylic acid groups (broad SMARTS) is 1. The summed E-state index contributed by atoms with van der Waals surface area (Å²) in [5.41, 5.74) is 2.25.